The van der Waals surface area contributed by atoms with Crippen LogP contribution in [0, 0.1) is 5.41 Å². The number of hydrogen-bond donors (Lipinski definition) is 3. The van der Waals surface area contributed by atoms with Crippen LogP contribution in [0.25, 0.3) is 55.3 Å². The van der Waals surface area contributed by atoms with Gasteiger partial charge in [0.15, 0.2) is 0 Å². The molecule has 0 aromatic heterocycles. The molecular formula is C56H53N3. The Morgan fingerprint density at radius 3 is 1.66 bits per heavy atom. The van der Waals surface area contributed by atoms with Gasteiger partial charge in [-0.05, 0) is 95.7 Å². The van der Waals surface area contributed by atoms with Crippen molar-refractivity contribution in [1.82, 2.24) is 0 Å². The van der Waals surface area contributed by atoms with Gasteiger partial charge >= 0.3 is 0 Å². The fraction of sp³-hybridized carbons (Fsp3) is 0.161. The van der Waals surface area contributed by atoms with E-state index < -0.39 is 0 Å². The number of fused-ring (bicyclic) bond motifs is 5. The first-order valence-electron chi connectivity index (χ1n) is 20.6. The Hall–Kier alpha value is -6.55. The van der Waals surface area contributed by atoms with E-state index >= 15 is 0 Å². The third-order valence-electron chi connectivity index (χ3n) is 12.7. The van der Waals surface area contributed by atoms with Crippen LogP contribution in [-0.2, 0) is 10.8 Å². The highest BCUT2D eigenvalue weighted by molar-refractivity contribution is 6.09. The Kier molecular flexibility index (Phi) is 10.4. The summed E-state index contributed by atoms with van der Waals surface area (Å²) in [7, 11) is 1.50. The third-order valence-corrected chi connectivity index (χ3v) is 12.7. The first-order chi connectivity index (χ1) is 28.6. The highest BCUT2D eigenvalue weighted by Crippen LogP contribution is 2.53. The average molecular weight is 768 g/mol. The normalized spacial score (nSPS) is 14.0. The highest BCUT2D eigenvalue weighted by atomic mass is 14.7. The molecule has 292 valence electrons. The molecule has 3 heteroatoms. The molecule has 0 spiro atoms. The van der Waals surface area contributed by atoms with E-state index in [1.54, 1.807) is 0 Å². The largest absolute Gasteiger partial charge is 0.384 e. The third kappa shape index (κ3) is 6.76. The molecule has 59 heavy (non-hydrogen) atoms. The molecule has 0 bridgehead atoms. The minimum Gasteiger partial charge on any atom is -0.384 e. The molecule has 10 rings (SSSR count). The first-order valence-corrected chi connectivity index (χ1v) is 20.6. The lowest BCUT2D eigenvalue weighted by molar-refractivity contribution is 0.643. The van der Waals surface area contributed by atoms with Crippen molar-refractivity contribution >= 4 is 16.6 Å². The Bertz CT molecular complexity index is 2810. The Balaban J connectivity index is 0.000000388. The fourth-order valence-electron chi connectivity index (χ4n) is 9.60. The molecule has 0 saturated carbocycles. The molecule has 0 radical (unpaired) electrons. The van der Waals surface area contributed by atoms with Crippen molar-refractivity contribution in [3.8, 4) is 44.5 Å². The van der Waals surface area contributed by atoms with Gasteiger partial charge in [0.1, 0.15) is 5.84 Å². The maximum atomic E-state index is 7.01. The fourth-order valence-corrected chi connectivity index (χ4v) is 9.60. The Morgan fingerprint density at radius 2 is 0.983 bits per heavy atom. The molecule has 8 aromatic rings. The summed E-state index contributed by atoms with van der Waals surface area (Å²) < 4.78 is 0. The van der Waals surface area contributed by atoms with E-state index in [-0.39, 0.29) is 16.7 Å². The van der Waals surface area contributed by atoms with E-state index in [1.165, 1.54) is 95.7 Å². The molecule has 2 aliphatic rings. The van der Waals surface area contributed by atoms with Crippen molar-refractivity contribution in [2.24, 2.45) is 11.5 Å². The zero-order valence-corrected chi connectivity index (χ0v) is 35.0. The monoisotopic (exact) mass is 767 g/mol. The Labute approximate surface area is 349 Å². The lowest BCUT2D eigenvalue weighted by Gasteiger charge is -2.36. The summed E-state index contributed by atoms with van der Waals surface area (Å²) in [5.41, 5.74) is 29.3. The van der Waals surface area contributed by atoms with Crippen molar-refractivity contribution in [2.75, 3.05) is 7.05 Å². The van der Waals surface area contributed by atoms with Crippen LogP contribution in [0.4, 0.5) is 0 Å². The smallest absolute Gasteiger partial charge is 0.122 e. The van der Waals surface area contributed by atoms with Gasteiger partial charge < -0.3 is 11.5 Å². The lowest BCUT2D eigenvalue weighted by atomic mass is 9.67. The van der Waals surface area contributed by atoms with E-state index in [1.807, 2.05) is 30.3 Å². The molecule has 0 fully saturated rings. The molecule has 5 N–H and O–H groups in total. The van der Waals surface area contributed by atoms with Gasteiger partial charge in [-0.25, -0.2) is 0 Å². The van der Waals surface area contributed by atoms with Crippen LogP contribution in [0.1, 0.15) is 79.5 Å². The topological polar surface area (TPSA) is 75.9 Å². The Morgan fingerprint density at radius 1 is 0.458 bits per heavy atom. The second kappa shape index (κ2) is 15.7. The number of nitrogen functional groups attached to an aromatic ring is 1. The van der Waals surface area contributed by atoms with Gasteiger partial charge in [-0.1, -0.05) is 211 Å². The van der Waals surface area contributed by atoms with Crippen molar-refractivity contribution in [3.63, 3.8) is 0 Å². The van der Waals surface area contributed by atoms with Gasteiger partial charge in [0.05, 0.1) is 0 Å². The van der Waals surface area contributed by atoms with Gasteiger partial charge in [-0.3, -0.25) is 5.41 Å². The molecule has 0 aliphatic heterocycles. The maximum absolute atomic E-state index is 7.01. The summed E-state index contributed by atoms with van der Waals surface area (Å²) in [4.78, 5) is 0. The minimum absolute atomic E-state index is 0.0408. The summed E-state index contributed by atoms with van der Waals surface area (Å²) >= 11 is 0. The number of nitrogens with one attached hydrogen (secondary N) is 1. The molecule has 0 heterocycles. The van der Waals surface area contributed by atoms with Crippen molar-refractivity contribution in [3.05, 3.63) is 215 Å². The molecule has 2 aliphatic carbocycles. The molecule has 0 saturated heterocycles. The summed E-state index contributed by atoms with van der Waals surface area (Å²) in [6, 6.07) is 64.0. The number of nitrogens with two attached hydrogens (primary N) is 2. The number of rotatable bonds is 5. The molecule has 3 nitrogen and oxygen atoms in total. The standard InChI is InChI=1S/C48H40.C7H8N2.CH5N/c1-30(31-13-7-6-8-14-31)34-25-26-38-40-28-27-35(39-17-12-20-43(45(39)40)47(2,3)44(38)29-34)32-21-23-33(24-22-32)36-16-11-18-41-37-15-9-10-19-42(37)48(4,5)46(36)41;8-7(9)6-4-2-1-3-5-6;1-2/h6-30H,1-5H3;1-5H,(H3,8,9);2H2,1H3. The van der Waals surface area contributed by atoms with Crippen molar-refractivity contribution in [2.45, 2.75) is 51.4 Å². The molecule has 1 unspecified atom stereocenters. The van der Waals surface area contributed by atoms with E-state index in [9.17, 15) is 0 Å². The van der Waals surface area contributed by atoms with Crippen LogP contribution < -0.4 is 11.5 Å². The first kappa shape index (κ1) is 39.3. The summed E-state index contributed by atoms with van der Waals surface area (Å²) in [5, 5.41) is 9.73. The van der Waals surface area contributed by atoms with Gasteiger partial charge in [0.25, 0.3) is 0 Å². The zero-order chi connectivity index (χ0) is 41.5. The number of amidine groups is 1. The maximum Gasteiger partial charge on any atom is 0.122 e. The van der Waals surface area contributed by atoms with Crippen molar-refractivity contribution in [1.29, 1.82) is 5.41 Å². The van der Waals surface area contributed by atoms with Crippen LogP contribution in [0.5, 0.6) is 0 Å². The van der Waals surface area contributed by atoms with E-state index in [2.05, 4.69) is 186 Å². The van der Waals surface area contributed by atoms with Gasteiger partial charge in [0.2, 0.25) is 0 Å². The number of benzene rings is 8. The van der Waals surface area contributed by atoms with Crippen LogP contribution in [0.2, 0.25) is 0 Å². The van der Waals surface area contributed by atoms with Crippen LogP contribution in [0.15, 0.2) is 176 Å². The SMILES string of the molecule is CC(c1ccccc1)c1ccc2c(c1)C(C)(C)c1cccc3c(-c4ccc(-c5cccc6c5C(C)(C)c5ccccc5-6)cc4)ccc-2c13.CN.N=C(N)c1ccccc1. The summed E-state index contributed by atoms with van der Waals surface area (Å²) in [6.45, 7) is 11.9. The van der Waals surface area contributed by atoms with Crippen LogP contribution in [0.3, 0.4) is 0 Å². The van der Waals surface area contributed by atoms with E-state index in [0.29, 0.717) is 5.92 Å². The summed E-state index contributed by atoms with van der Waals surface area (Å²) in [6.07, 6.45) is 0. The predicted octanol–water partition coefficient (Wildman–Crippen LogP) is 13.5. The molecule has 0 amide bonds. The van der Waals surface area contributed by atoms with Crippen molar-refractivity contribution < 1.29 is 0 Å². The van der Waals surface area contributed by atoms with E-state index in [4.69, 9.17) is 11.1 Å². The van der Waals surface area contributed by atoms with Gasteiger partial charge in [0, 0.05) is 22.3 Å². The van der Waals surface area contributed by atoms with Gasteiger partial charge in [-0.15, -0.1) is 0 Å². The number of hydrogen-bond acceptors (Lipinski definition) is 2. The van der Waals surface area contributed by atoms with Gasteiger partial charge in [-0.2, -0.15) is 0 Å². The van der Waals surface area contributed by atoms with Crippen LogP contribution in [-0.4, -0.2) is 12.9 Å². The second-order valence-corrected chi connectivity index (χ2v) is 16.7. The molecule has 8 aromatic carbocycles. The summed E-state index contributed by atoms with van der Waals surface area (Å²) in [5.74, 6) is 0.462. The molecule has 1 atom stereocenters. The lowest BCUT2D eigenvalue weighted by Crippen LogP contribution is -2.24. The minimum atomic E-state index is -0.116. The van der Waals surface area contributed by atoms with E-state index in [0.717, 1.165) is 5.56 Å². The quantitative estimate of drug-likeness (QED) is 0.120. The molecular weight excluding hydrogens is 715 g/mol. The van der Waals surface area contributed by atoms with Crippen LogP contribution >= 0.6 is 0 Å². The highest BCUT2D eigenvalue weighted by Gasteiger charge is 2.37. The zero-order valence-electron chi connectivity index (χ0n) is 35.0. The average Bonchev–Trinajstić information content (AvgIpc) is 3.52. The predicted molar refractivity (Wildman–Crippen MR) is 251 cm³/mol. The second-order valence-electron chi connectivity index (χ2n) is 16.7.